The highest BCUT2D eigenvalue weighted by atomic mass is 35.5. The van der Waals surface area contributed by atoms with Crippen molar-refractivity contribution in [1.82, 2.24) is 5.32 Å². The third kappa shape index (κ3) is 6.94. The van der Waals surface area contributed by atoms with Gasteiger partial charge in [-0.05, 0) is 30.3 Å². The number of aliphatic hydroxyl groups is 1. The fourth-order valence-electron chi connectivity index (χ4n) is 1.91. The lowest BCUT2D eigenvalue weighted by Gasteiger charge is -2.37. The molecule has 0 radical (unpaired) electrons. The van der Waals surface area contributed by atoms with Gasteiger partial charge in [-0.1, -0.05) is 51.1 Å². The normalized spacial score (nSPS) is 15.2. The molecule has 0 fully saturated rings. The van der Waals surface area contributed by atoms with Crippen LogP contribution in [0.3, 0.4) is 0 Å². The topological polar surface area (TPSA) is 58.6 Å². The molecule has 1 aromatic carbocycles. The Bertz CT molecular complexity index is 570. The number of benzene rings is 1. The molecule has 140 valence electrons. The SMILES string of the molecule is CC(C)(C)[Si](C)(C)OC[C@@H](NC(=O)c1ccccc1)[C@@H](O)/C=C/CCl. The average Bonchev–Trinajstić information content (AvgIpc) is 2.55. The van der Waals surface area contributed by atoms with E-state index < -0.39 is 20.5 Å². The summed E-state index contributed by atoms with van der Waals surface area (Å²) in [5.41, 5.74) is 0.549. The van der Waals surface area contributed by atoms with Crippen LogP contribution in [0.25, 0.3) is 0 Å². The molecule has 2 N–H and O–H groups in total. The van der Waals surface area contributed by atoms with Crippen LogP contribution in [0.2, 0.25) is 18.1 Å². The molecule has 0 heterocycles. The second kappa shape index (κ2) is 9.53. The highest BCUT2D eigenvalue weighted by Crippen LogP contribution is 2.36. The van der Waals surface area contributed by atoms with E-state index in [-0.39, 0.29) is 17.6 Å². The van der Waals surface area contributed by atoms with Crippen LogP contribution in [0.4, 0.5) is 0 Å². The van der Waals surface area contributed by atoms with E-state index in [1.165, 1.54) is 0 Å². The van der Waals surface area contributed by atoms with Crippen molar-refractivity contribution in [2.24, 2.45) is 0 Å². The standard InChI is InChI=1S/C19H30ClNO3Si/c1-19(2,3)25(4,5)24-14-16(17(22)12-9-13-20)21-18(23)15-10-7-6-8-11-15/h6-12,16-17,22H,13-14H2,1-5H3,(H,21,23)/b12-9+/t16-,17+/m1/s1. The molecule has 1 rings (SSSR count). The number of nitrogens with one attached hydrogen (secondary N) is 1. The van der Waals surface area contributed by atoms with E-state index in [9.17, 15) is 9.90 Å². The number of alkyl halides is 1. The maximum absolute atomic E-state index is 12.4. The number of hydrogen-bond acceptors (Lipinski definition) is 3. The highest BCUT2D eigenvalue weighted by Gasteiger charge is 2.38. The number of amides is 1. The van der Waals surface area contributed by atoms with Crippen LogP contribution >= 0.6 is 11.6 Å². The number of allylic oxidation sites excluding steroid dienone is 1. The summed E-state index contributed by atoms with van der Waals surface area (Å²) < 4.78 is 6.19. The second-order valence-electron chi connectivity index (χ2n) is 7.59. The van der Waals surface area contributed by atoms with Crippen LogP contribution in [-0.2, 0) is 4.43 Å². The summed E-state index contributed by atoms with van der Waals surface area (Å²) in [6.07, 6.45) is 2.40. The molecule has 0 aliphatic rings. The minimum atomic E-state index is -1.99. The molecule has 1 aromatic rings. The summed E-state index contributed by atoms with van der Waals surface area (Å²) in [6.45, 7) is 11.0. The van der Waals surface area contributed by atoms with Crippen LogP contribution in [0.1, 0.15) is 31.1 Å². The van der Waals surface area contributed by atoms with Gasteiger partial charge in [-0.15, -0.1) is 11.6 Å². The molecule has 0 saturated carbocycles. The first-order valence-electron chi connectivity index (χ1n) is 8.49. The summed E-state index contributed by atoms with van der Waals surface area (Å²) in [7, 11) is -1.99. The quantitative estimate of drug-likeness (QED) is 0.405. The summed E-state index contributed by atoms with van der Waals surface area (Å²) in [6, 6.07) is 8.40. The lowest BCUT2D eigenvalue weighted by Crippen LogP contribution is -2.50. The Morgan fingerprint density at radius 2 is 1.92 bits per heavy atom. The van der Waals surface area contributed by atoms with Gasteiger partial charge in [-0.3, -0.25) is 4.79 Å². The zero-order valence-corrected chi connectivity index (χ0v) is 17.5. The van der Waals surface area contributed by atoms with Crippen LogP contribution in [-0.4, -0.2) is 44.0 Å². The van der Waals surface area contributed by atoms with Crippen molar-refractivity contribution in [3.05, 3.63) is 48.0 Å². The molecule has 0 bridgehead atoms. The fourth-order valence-corrected chi connectivity index (χ4v) is 3.04. The highest BCUT2D eigenvalue weighted by molar-refractivity contribution is 6.74. The van der Waals surface area contributed by atoms with Gasteiger partial charge in [-0.25, -0.2) is 0 Å². The Hall–Kier alpha value is -1.14. The van der Waals surface area contributed by atoms with Gasteiger partial charge in [0.25, 0.3) is 5.91 Å². The van der Waals surface area contributed by atoms with Gasteiger partial charge in [-0.2, -0.15) is 0 Å². The number of carbonyl (C=O) groups is 1. The Morgan fingerprint density at radius 3 is 2.44 bits per heavy atom. The van der Waals surface area contributed by atoms with Crippen LogP contribution in [0.5, 0.6) is 0 Å². The predicted molar refractivity (Wildman–Crippen MR) is 107 cm³/mol. The first-order valence-corrected chi connectivity index (χ1v) is 11.9. The van der Waals surface area contributed by atoms with Gasteiger partial charge >= 0.3 is 0 Å². The summed E-state index contributed by atoms with van der Waals surface area (Å²) >= 11 is 5.65. The van der Waals surface area contributed by atoms with Crippen molar-refractivity contribution in [3.8, 4) is 0 Å². The molecule has 1 amide bonds. The van der Waals surface area contributed by atoms with E-state index in [2.05, 4.69) is 39.2 Å². The molecule has 2 atom stereocenters. The fraction of sp³-hybridized carbons (Fsp3) is 0.526. The molecule has 6 heteroatoms. The minimum absolute atomic E-state index is 0.0535. The third-order valence-electron chi connectivity index (χ3n) is 4.62. The molecule has 0 saturated heterocycles. The van der Waals surface area contributed by atoms with Gasteiger partial charge in [0.05, 0.1) is 18.8 Å². The van der Waals surface area contributed by atoms with Crippen molar-refractivity contribution < 1.29 is 14.3 Å². The van der Waals surface area contributed by atoms with Crippen molar-refractivity contribution in [1.29, 1.82) is 0 Å². The minimum Gasteiger partial charge on any atom is -0.415 e. The van der Waals surface area contributed by atoms with Gasteiger partial charge in [0.15, 0.2) is 8.32 Å². The first kappa shape index (κ1) is 21.9. The zero-order valence-electron chi connectivity index (χ0n) is 15.8. The van der Waals surface area contributed by atoms with E-state index in [0.717, 1.165) is 0 Å². The number of carbonyl (C=O) groups excluding carboxylic acids is 1. The molecule has 0 aliphatic heterocycles. The molecule has 0 aliphatic carbocycles. The van der Waals surface area contributed by atoms with E-state index in [1.807, 2.05) is 6.07 Å². The molecule has 25 heavy (non-hydrogen) atoms. The summed E-state index contributed by atoms with van der Waals surface area (Å²) in [5, 5.41) is 13.3. The average molecular weight is 384 g/mol. The third-order valence-corrected chi connectivity index (χ3v) is 9.30. The zero-order chi connectivity index (χ0) is 19.1. The van der Waals surface area contributed by atoms with E-state index in [0.29, 0.717) is 11.4 Å². The number of aliphatic hydroxyl groups excluding tert-OH is 1. The van der Waals surface area contributed by atoms with Gasteiger partial charge in [0.1, 0.15) is 0 Å². The maximum atomic E-state index is 12.4. The predicted octanol–water partition coefficient (Wildman–Crippen LogP) is 3.96. The summed E-state index contributed by atoms with van der Waals surface area (Å²) in [4.78, 5) is 12.4. The Morgan fingerprint density at radius 1 is 1.32 bits per heavy atom. The van der Waals surface area contributed by atoms with Crippen LogP contribution in [0.15, 0.2) is 42.5 Å². The molecule has 0 aromatic heterocycles. The molecule has 4 nitrogen and oxygen atoms in total. The molecular weight excluding hydrogens is 354 g/mol. The van der Waals surface area contributed by atoms with Crippen molar-refractivity contribution in [2.75, 3.05) is 12.5 Å². The van der Waals surface area contributed by atoms with Gasteiger partial charge in [0, 0.05) is 11.4 Å². The second-order valence-corrected chi connectivity index (χ2v) is 12.7. The molecule has 0 spiro atoms. The number of rotatable bonds is 8. The molecule has 0 unspecified atom stereocenters. The lowest BCUT2D eigenvalue weighted by atomic mass is 10.1. The van der Waals surface area contributed by atoms with Gasteiger partial charge in [0.2, 0.25) is 0 Å². The Labute approximate surface area is 157 Å². The van der Waals surface area contributed by atoms with Crippen LogP contribution < -0.4 is 5.32 Å². The monoisotopic (exact) mass is 383 g/mol. The van der Waals surface area contributed by atoms with Crippen molar-refractivity contribution in [3.63, 3.8) is 0 Å². The molecular formula is C19H30ClNO3Si. The Balaban J connectivity index is 2.86. The largest absolute Gasteiger partial charge is 0.415 e. The first-order chi connectivity index (χ1) is 11.6. The van der Waals surface area contributed by atoms with Crippen molar-refractivity contribution >= 4 is 25.8 Å². The van der Waals surface area contributed by atoms with E-state index >= 15 is 0 Å². The van der Waals surface area contributed by atoms with Crippen LogP contribution in [0, 0.1) is 0 Å². The number of hydrogen-bond donors (Lipinski definition) is 2. The lowest BCUT2D eigenvalue weighted by molar-refractivity contribution is 0.0820. The summed E-state index contributed by atoms with van der Waals surface area (Å²) in [5.74, 6) is 0.0715. The Kier molecular flexibility index (Phi) is 8.34. The van der Waals surface area contributed by atoms with E-state index in [1.54, 1.807) is 36.4 Å². The van der Waals surface area contributed by atoms with E-state index in [4.69, 9.17) is 16.0 Å². The number of halogens is 1. The van der Waals surface area contributed by atoms with Crippen molar-refractivity contribution in [2.45, 2.75) is 51.0 Å². The maximum Gasteiger partial charge on any atom is 0.251 e. The van der Waals surface area contributed by atoms with Gasteiger partial charge < -0.3 is 14.8 Å². The smallest absolute Gasteiger partial charge is 0.251 e.